The van der Waals surface area contributed by atoms with Gasteiger partial charge in [-0.2, -0.15) is 5.10 Å². The van der Waals surface area contributed by atoms with Gasteiger partial charge in [-0.05, 0) is 55.0 Å². The lowest BCUT2D eigenvalue weighted by Gasteiger charge is -2.09. The fraction of sp³-hybridized carbons (Fsp3) is 0.375. The van der Waals surface area contributed by atoms with Crippen molar-refractivity contribution < 1.29 is 4.79 Å². The average molecular weight is 269 g/mol. The van der Waals surface area contributed by atoms with E-state index in [2.05, 4.69) is 29.5 Å². The Morgan fingerprint density at radius 2 is 2.15 bits per heavy atom. The molecule has 1 heterocycles. The molecule has 20 heavy (non-hydrogen) atoms. The number of carbonyl (C=O) groups excluding carboxylic acids is 1. The van der Waals surface area contributed by atoms with Gasteiger partial charge in [-0.3, -0.25) is 9.48 Å². The molecule has 0 aliphatic heterocycles. The highest BCUT2D eigenvalue weighted by atomic mass is 16.2. The number of nitrogens with zero attached hydrogens (tertiary/aromatic N) is 2. The molecule has 0 saturated carbocycles. The van der Waals surface area contributed by atoms with Gasteiger partial charge in [0.2, 0.25) is 0 Å². The molecule has 1 amide bonds. The summed E-state index contributed by atoms with van der Waals surface area (Å²) in [5, 5.41) is 7.16. The SMILES string of the molecule is CCCn1nccc1C(=O)Nc1ccc2c(c1)CCC2. The van der Waals surface area contributed by atoms with Gasteiger partial charge >= 0.3 is 0 Å². The van der Waals surface area contributed by atoms with Gasteiger partial charge in [0.15, 0.2) is 0 Å². The quantitative estimate of drug-likeness (QED) is 0.927. The van der Waals surface area contributed by atoms with Crippen molar-refractivity contribution in [2.24, 2.45) is 0 Å². The van der Waals surface area contributed by atoms with Crippen LogP contribution in [0.5, 0.6) is 0 Å². The zero-order valence-electron chi connectivity index (χ0n) is 11.7. The number of nitrogens with one attached hydrogen (secondary N) is 1. The maximum Gasteiger partial charge on any atom is 0.273 e. The van der Waals surface area contributed by atoms with Crippen LogP contribution in [0.1, 0.15) is 41.4 Å². The smallest absolute Gasteiger partial charge is 0.273 e. The van der Waals surface area contributed by atoms with E-state index in [0.29, 0.717) is 5.69 Å². The van der Waals surface area contributed by atoms with Crippen molar-refractivity contribution in [2.75, 3.05) is 5.32 Å². The van der Waals surface area contributed by atoms with Crippen LogP contribution in [0, 0.1) is 0 Å². The van der Waals surface area contributed by atoms with Crippen molar-refractivity contribution in [3.63, 3.8) is 0 Å². The highest BCUT2D eigenvalue weighted by molar-refractivity contribution is 6.03. The number of carbonyl (C=O) groups is 1. The lowest BCUT2D eigenvalue weighted by molar-refractivity contribution is 0.101. The fourth-order valence-electron chi connectivity index (χ4n) is 2.76. The molecule has 4 heteroatoms. The van der Waals surface area contributed by atoms with E-state index < -0.39 is 0 Å². The Bertz CT molecular complexity index is 630. The standard InChI is InChI=1S/C16H19N3O/c1-2-10-19-15(8-9-17-19)16(20)18-14-7-6-12-4-3-5-13(12)11-14/h6-9,11H,2-5,10H2,1H3,(H,18,20). The van der Waals surface area contributed by atoms with Crippen molar-refractivity contribution in [3.8, 4) is 0 Å². The van der Waals surface area contributed by atoms with Crippen LogP contribution in [0.3, 0.4) is 0 Å². The van der Waals surface area contributed by atoms with Gasteiger partial charge < -0.3 is 5.32 Å². The van der Waals surface area contributed by atoms with Crippen LogP contribution in [-0.2, 0) is 19.4 Å². The predicted octanol–water partition coefficient (Wildman–Crippen LogP) is 3.03. The summed E-state index contributed by atoms with van der Waals surface area (Å²) < 4.78 is 1.75. The second kappa shape index (κ2) is 5.49. The maximum absolute atomic E-state index is 12.3. The monoisotopic (exact) mass is 269 g/mol. The molecule has 0 radical (unpaired) electrons. The molecule has 0 spiro atoms. The normalized spacial score (nSPS) is 13.2. The summed E-state index contributed by atoms with van der Waals surface area (Å²) in [7, 11) is 0. The number of aromatic nitrogens is 2. The van der Waals surface area contributed by atoms with Crippen molar-refractivity contribution >= 4 is 11.6 Å². The van der Waals surface area contributed by atoms with Crippen LogP contribution >= 0.6 is 0 Å². The molecule has 4 nitrogen and oxygen atoms in total. The minimum absolute atomic E-state index is 0.0890. The molecule has 1 N–H and O–H groups in total. The lowest BCUT2D eigenvalue weighted by atomic mass is 10.1. The van der Waals surface area contributed by atoms with Crippen molar-refractivity contribution in [3.05, 3.63) is 47.3 Å². The molecule has 1 aliphatic rings. The van der Waals surface area contributed by atoms with Crippen LogP contribution in [-0.4, -0.2) is 15.7 Å². The summed E-state index contributed by atoms with van der Waals surface area (Å²) >= 11 is 0. The average Bonchev–Trinajstić information content (AvgIpc) is 3.07. The Labute approximate surface area is 118 Å². The summed E-state index contributed by atoms with van der Waals surface area (Å²) in [5.41, 5.74) is 4.27. The Balaban J connectivity index is 1.77. The molecule has 1 aromatic heterocycles. The van der Waals surface area contributed by atoms with E-state index >= 15 is 0 Å². The first kappa shape index (κ1) is 12.9. The molecule has 0 atom stereocenters. The maximum atomic E-state index is 12.3. The molecule has 3 rings (SSSR count). The van der Waals surface area contributed by atoms with E-state index in [0.717, 1.165) is 31.5 Å². The first-order chi connectivity index (χ1) is 9.78. The number of anilines is 1. The molecule has 2 aromatic rings. The van der Waals surface area contributed by atoms with Crippen LogP contribution in [0.4, 0.5) is 5.69 Å². The topological polar surface area (TPSA) is 46.9 Å². The van der Waals surface area contributed by atoms with Gasteiger partial charge in [0.1, 0.15) is 5.69 Å². The van der Waals surface area contributed by atoms with E-state index in [-0.39, 0.29) is 5.91 Å². The van der Waals surface area contributed by atoms with Gasteiger partial charge in [0.05, 0.1) is 0 Å². The second-order valence-corrected chi connectivity index (χ2v) is 5.23. The van der Waals surface area contributed by atoms with Crippen molar-refractivity contribution in [2.45, 2.75) is 39.2 Å². The lowest BCUT2D eigenvalue weighted by Crippen LogP contribution is -2.17. The molecule has 1 aliphatic carbocycles. The third kappa shape index (κ3) is 2.46. The van der Waals surface area contributed by atoms with E-state index in [4.69, 9.17) is 0 Å². The summed E-state index contributed by atoms with van der Waals surface area (Å²) in [6.07, 6.45) is 6.13. The highest BCUT2D eigenvalue weighted by Crippen LogP contribution is 2.25. The van der Waals surface area contributed by atoms with Crippen LogP contribution in [0.2, 0.25) is 0 Å². The van der Waals surface area contributed by atoms with E-state index in [1.54, 1.807) is 16.9 Å². The zero-order chi connectivity index (χ0) is 13.9. The fourth-order valence-corrected chi connectivity index (χ4v) is 2.76. The molecular weight excluding hydrogens is 250 g/mol. The summed E-state index contributed by atoms with van der Waals surface area (Å²) in [6, 6.07) is 7.98. The van der Waals surface area contributed by atoms with E-state index in [1.807, 2.05) is 6.07 Å². The zero-order valence-corrected chi connectivity index (χ0v) is 11.7. The number of amides is 1. The Morgan fingerprint density at radius 1 is 1.30 bits per heavy atom. The summed E-state index contributed by atoms with van der Waals surface area (Å²) in [4.78, 5) is 12.3. The Kier molecular flexibility index (Phi) is 3.54. The summed E-state index contributed by atoms with van der Waals surface area (Å²) in [5.74, 6) is -0.0890. The third-order valence-electron chi connectivity index (χ3n) is 3.74. The number of fused-ring (bicyclic) bond motifs is 1. The number of aryl methyl sites for hydroxylation is 3. The van der Waals surface area contributed by atoms with Gasteiger partial charge in [0.25, 0.3) is 5.91 Å². The molecule has 0 bridgehead atoms. The van der Waals surface area contributed by atoms with Crippen molar-refractivity contribution in [1.82, 2.24) is 9.78 Å². The third-order valence-corrected chi connectivity index (χ3v) is 3.74. The van der Waals surface area contributed by atoms with Crippen molar-refractivity contribution in [1.29, 1.82) is 0 Å². The number of hydrogen-bond acceptors (Lipinski definition) is 2. The molecule has 1 aromatic carbocycles. The van der Waals surface area contributed by atoms with Gasteiger partial charge in [-0.15, -0.1) is 0 Å². The minimum Gasteiger partial charge on any atom is -0.321 e. The summed E-state index contributed by atoms with van der Waals surface area (Å²) in [6.45, 7) is 2.84. The van der Waals surface area contributed by atoms with Gasteiger partial charge in [-0.1, -0.05) is 13.0 Å². The second-order valence-electron chi connectivity index (χ2n) is 5.23. The predicted molar refractivity (Wildman–Crippen MR) is 78.9 cm³/mol. The molecule has 0 saturated heterocycles. The minimum atomic E-state index is -0.0890. The number of hydrogen-bond donors (Lipinski definition) is 1. The number of rotatable bonds is 4. The largest absolute Gasteiger partial charge is 0.321 e. The first-order valence-corrected chi connectivity index (χ1v) is 7.23. The van der Waals surface area contributed by atoms with Crippen LogP contribution in [0.15, 0.2) is 30.5 Å². The van der Waals surface area contributed by atoms with Crippen LogP contribution < -0.4 is 5.32 Å². The molecule has 0 fully saturated rings. The molecule has 104 valence electrons. The number of benzene rings is 1. The van der Waals surface area contributed by atoms with Gasteiger partial charge in [0, 0.05) is 18.4 Å². The van der Waals surface area contributed by atoms with Crippen LogP contribution in [0.25, 0.3) is 0 Å². The Morgan fingerprint density at radius 3 is 3.00 bits per heavy atom. The highest BCUT2D eigenvalue weighted by Gasteiger charge is 2.14. The molecule has 0 unspecified atom stereocenters. The van der Waals surface area contributed by atoms with E-state index in [1.165, 1.54) is 17.5 Å². The van der Waals surface area contributed by atoms with Gasteiger partial charge in [-0.25, -0.2) is 0 Å². The van der Waals surface area contributed by atoms with E-state index in [9.17, 15) is 4.79 Å². The Hall–Kier alpha value is -2.10. The first-order valence-electron chi connectivity index (χ1n) is 7.23. The molecular formula is C16H19N3O.